The maximum Gasteiger partial charge on any atom is 0.306 e. The number of carbonyl (C=O) groups is 2. The number of nitrogens with zero attached hydrogens (tertiary/aromatic N) is 1. The molecule has 102 valence electrons. The van der Waals surface area contributed by atoms with Gasteiger partial charge in [0.15, 0.2) is 0 Å². The van der Waals surface area contributed by atoms with Crippen molar-refractivity contribution >= 4 is 11.9 Å². The smallest absolute Gasteiger partial charge is 0.306 e. The van der Waals surface area contributed by atoms with Crippen molar-refractivity contribution < 1.29 is 14.7 Å². The minimum absolute atomic E-state index is 0.00239. The molecule has 1 rings (SSSR count). The first kappa shape index (κ1) is 14.6. The summed E-state index contributed by atoms with van der Waals surface area (Å²) in [7, 11) is 0. The van der Waals surface area contributed by atoms with Crippen molar-refractivity contribution in [3.8, 4) is 0 Å². The summed E-state index contributed by atoms with van der Waals surface area (Å²) in [5.41, 5.74) is 0. The molecule has 1 fully saturated rings. The van der Waals surface area contributed by atoms with E-state index in [1.54, 1.807) is 6.92 Å². The van der Waals surface area contributed by atoms with E-state index in [-0.39, 0.29) is 18.4 Å². The van der Waals surface area contributed by atoms with Gasteiger partial charge in [-0.3, -0.25) is 9.59 Å². The van der Waals surface area contributed by atoms with Gasteiger partial charge in [-0.05, 0) is 31.6 Å². The van der Waals surface area contributed by atoms with Gasteiger partial charge in [-0.2, -0.15) is 4.91 Å². The zero-order valence-corrected chi connectivity index (χ0v) is 10.6. The fourth-order valence-electron chi connectivity index (χ4n) is 2.23. The molecule has 1 amide bonds. The van der Waals surface area contributed by atoms with Crippen LogP contribution in [-0.4, -0.2) is 30.1 Å². The SMILES string of the molecule is CC(CN=O)C(=O)NCC1CCC(C(=O)O)CC1. The molecular weight excluding hydrogens is 236 g/mol. The highest BCUT2D eigenvalue weighted by Crippen LogP contribution is 2.28. The van der Waals surface area contributed by atoms with Gasteiger partial charge in [-0.15, -0.1) is 0 Å². The molecule has 6 heteroatoms. The zero-order valence-electron chi connectivity index (χ0n) is 10.6. The second-order valence-corrected chi connectivity index (χ2v) is 5.01. The molecule has 0 saturated heterocycles. The van der Waals surface area contributed by atoms with Crippen LogP contribution in [0.25, 0.3) is 0 Å². The molecule has 18 heavy (non-hydrogen) atoms. The largest absolute Gasteiger partial charge is 0.481 e. The molecule has 0 aromatic carbocycles. The van der Waals surface area contributed by atoms with Gasteiger partial charge in [0.05, 0.1) is 18.4 Å². The predicted molar refractivity (Wildman–Crippen MR) is 65.9 cm³/mol. The number of aliphatic carboxylic acids is 1. The van der Waals surface area contributed by atoms with E-state index in [4.69, 9.17) is 5.11 Å². The van der Waals surface area contributed by atoms with Gasteiger partial charge in [0, 0.05) is 6.54 Å². The van der Waals surface area contributed by atoms with Crippen LogP contribution < -0.4 is 5.32 Å². The summed E-state index contributed by atoms with van der Waals surface area (Å²) in [6.45, 7) is 2.23. The lowest BCUT2D eigenvalue weighted by molar-refractivity contribution is -0.143. The molecule has 2 N–H and O–H groups in total. The van der Waals surface area contributed by atoms with Crippen LogP contribution in [0.3, 0.4) is 0 Å². The van der Waals surface area contributed by atoms with Crippen LogP contribution in [0.15, 0.2) is 5.18 Å². The predicted octanol–water partition coefficient (Wildman–Crippen LogP) is 1.40. The Kier molecular flexibility index (Phi) is 5.74. The summed E-state index contributed by atoms with van der Waals surface area (Å²) in [5.74, 6) is -1.15. The van der Waals surface area contributed by atoms with Gasteiger partial charge in [-0.1, -0.05) is 12.1 Å². The molecule has 1 aliphatic rings. The Labute approximate surface area is 106 Å². The summed E-state index contributed by atoms with van der Waals surface area (Å²) in [6.07, 6.45) is 3.03. The Bertz CT molecular complexity index is 311. The first-order valence-corrected chi connectivity index (χ1v) is 6.34. The number of hydrogen-bond donors (Lipinski definition) is 2. The Morgan fingerprint density at radius 3 is 2.44 bits per heavy atom. The van der Waals surface area contributed by atoms with Gasteiger partial charge < -0.3 is 10.4 Å². The number of amides is 1. The number of carboxylic acids is 1. The molecule has 0 heterocycles. The van der Waals surface area contributed by atoms with Gasteiger partial charge in [-0.25, -0.2) is 0 Å². The summed E-state index contributed by atoms with van der Waals surface area (Å²) in [6, 6.07) is 0. The molecule has 1 saturated carbocycles. The van der Waals surface area contributed by atoms with Crippen molar-refractivity contribution in [1.29, 1.82) is 0 Å². The molecule has 0 aromatic rings. The van der Waals surface area contributed by atoms with Crippen LogP contribution in [0, 0.1) is 22.7 Å². The highest BCUT2D eigenvalue weighted by atomic mass is 16.4. The van der Waals surface area contributed by atoms with Gasteiger partial charge >= 0.3 is 5.97 Å². The summed E-state index contributed by atoms with van der Waals surface area (Å²) in [5, 5.41) is 14.4. The molecule has 6 nitrogen and oxygen atoms in total. The minimum Gasteiger partial charge on any atom is -0.481 e. The fourth-order valence-corrected chi connectivity index (χ4v) is 2.23. The molecule has 0 bridgehead atoms. The van der Waals surface area contributed by atoms with Crippen molar-refractivity contribution in [2.75, 3.05) is 13.1 Å². The molecule has 0 spiro atoms. The van der Waals surface area contributed by atoms with Crippen molar-refractivity contribution in [2.45, 2.75) is 32.6 Å². The quantitative estimate of drug-likeness (QED) is 0.702. The average Bonchev–Trinajstić information content (AvgIpc) is 2.36. The Hall–Kier alpha value is -1.46. The van der Waals surface area contributed by atoms with E-state index < -0.39 is 11.9 Å². The standard InChI is InChI=1S/C12H20N2O4/c1-8(6-14-18)11(15)13-7-9-2-4-10(5-3-9)12(16)17/h8-10H,2-7H2,1H3,(H,13,15)(H,16,17). The summed E-state index contributed by atoms with van der Waals surface area (Å²) < 4.78 is 0. The number of nitroso groups, excluding NO2 is 1. The van der Waals surface area contributed by atoms with Gasteiger partial charge in [0.2, 0.25) is 5.91 Å². The molecule has 0 radical (unpaired) electrons. The van der Waals surface area contributed by atoms with E-state index in [1.807, 2.05) is 0 Å². The van der Waals surface area contributed by atoms with E-state index in [0.717, 1.165) is 12.8 Å². The highest BCUT2D eigenvalue weighted by molar-refractivity contribution is 5.78. The van der Waals surface area contributed by atoms with Gasteiger partial charge in [0.1, 0.15) is 0 Å². The number of nitrogens with one attached hydrogen (secondary N) is 1. The lowest BCUT2D eigenvalue weighted by Crippen LogP contribution is -2.36. The Morgan fingerprint density at radius 1 is 1.33 bits per heavy atom. The third kappa shape index (κ3) is 4.43. The van der Waals surface area contributed by atoms with Crippen molar-refractivity contribution in [3.05, 3.63) is 4.91 Å². The summed E-state index contributed by atoms with van der Waals surface area (Å²) >= 11 is 0. The number of carbonyl (C=O) groups excluding carboxylic acids is 1. The lowest BCUT2D eigenvalue weighted by atomic mass is 9.82. The Balaban J connectivity index is 2.23. The summed E-state index contributed by atoms with van der Waals surface area (Å²) in [4.78, 5) is 32.4. The van der Waals surface area contributed by atoms with Crippen molar-refractivity contribution in [1.82, 2.24) is 5.32 Å². The second-order valence-electron chi connectivity index (χ2n) is 5.01. The van der Waals surface area contributed by atoms with Crippen molar-refractivity contribution in [2.24, 2.45) is 22.9 Å². The van der Waals surface area contributed by atoms with Crippen LogP contribution in [0.5, 0.6) is 0 Å². The Morgan fingerprint density at radius 2 is 1.94 bits per heavy atom. The van der Waals surface area contributed by atoms with Crippen LogP contribution in [0.2, 0.25) is 0 Å². The molecule has 0 aliphatic heterocycles. The number of carboxylic acid groups (broad SMARTS) is 1. The van der Waals surface area contributed by atoms with E-state index in [1.165, 1.54) is 0 Å². The van der Waals surface area contributed by atoms with Crippen LogP contribution >= 0.6 is 0 Å². The second kappa shape index (κ2) is 7.08. The normalized spacial score (nSPS) is 25.2. The minimum atomic E-state index is -0.719. The molecule has 1 atom stereocenters. The topological polar surface area (TPSA) is 95.8 Å². The molecular formula is C12H20N2O4. The lowest BCUT2D eigenvalue weighted by Gasteiger charge is -2.26. The van der Waals surface area contributed by atoms with Crippen LogP contribution in [0.1, 0.15) is 32.6 Å². The molecule has 1 aliphatic carbocycles. The van der Waals surface area contributed by atoms with Crippen LogP contribution in [0.4, 0.5) is 0 Å². The van der Waals surface area contributed by atoms with E-state index in [9.17, 15) is 14.5 Å². The van der Waals surface area contributed by atoms with E-state index in [2.05, 4.69) is 10.5 Å². The van der Waals surface area contributed by atoms with E-state index in [0.29, 0.717) is 25.3 Å². The fraction of sp³-hybridized carbons (Fsp3) is 0.833. The monoisotopic (exact) mass is 256 g/mol. The maximum atomic E-state index is 11.5. The molecule has 0 aromatic heterocycles. The zero-order chi connectivity index (χ0) is 13.5. The van der Waals surface area contributed by atoms with Crippen molar-refractivity contribution in [3.63, 3.8) is 0 Å². The third-order valence-corrected chi connectivity index (χ3v) is 3.56. The van der Waals surface area contributed by atoms with Crippen LogP contribution in [-0.2, 0) is 9.59 Å². The average molecular weight is 256 g/mol. The molecule has 1 unspecified atom stereocenters. The number of hydrogen-bond acceptors (Lipinski definition) is 4. The third-order valence-electron chi connectivity index (χ3n) is 3.56. The first-order chi connectivity index (χ1) is 8.54. The van der Waals surface area contributed by atoms with E-state index >= 15 is 0 Å². The highest BCUT2D eigenvalue weighted by Gasteiger charge is 2.26. The van der Waals surface area contributed by atoms with Gasteiger partial charge in [0.25, 0.3) is 0 Å². The number of rotatable bonds is 6. The maximum absolute atomic E-state index is 11.5. The first-order valence-electron chi connectivity index (χ1n) is 6.34.